The molecule has 0 spiro atoms. The summed E-state index contributed by atoms with van der Waals surface area (Å²) in [5.41, 5.74) is 1.80. The highest BCUT2D eigenvalue weighted by Crippen LogP contribution is 2.34. The molecule has 1 fully saturated rings. The lowest BCUT2D eigenvalue weighted by Gasteiger charge is -2.17. The number of likely N-dealkylation sites (N-methyl/N-ethyl adjacent to an activating group) is 1. The van der Waals surface area contributed by atoms with Crippen LogP contribution in [0.2, 0.25) is 5.02 Å². The van der Waals surface area contributed by atoms with Crippen molar-refractivity contribution in [2.45, 2.75) is 73.6 Å². The lowest BCUT2D eigenvalue weighted by atomic mass is 10.0. The standard InChI is InChI=1S/C18H20ClNO.C6H14N2.2C3H8/c1-4-6-14-10-16(9-13(3)5-2)21-18-8-7-15(19)11-17(18)20-12-14;1-8-5-2-3-7-4-6-8;2*1-3-2/h4,6-9,11-13H,1,5,10H2,2-3H3;7H,2-6H2,1H3;2*3H2,1-2H3/b14-6+,16-9+,20-12?;;;. The highest BCUT2D eigenvalue weighted by atomic mass is 35.5. The Morgan fingerprint density at radius 1 is 1.14 bits per heavy atom. The van der Waals surface area contributed by atoms with Crippen LogP contribution in [-0.4, -0.2) is 44.3 Å². The molecule has 4 nitrogen and oxygen atoms in total. The Bertz CT molecular complexity index is 776. The maximum atomic E-state index is 6.05. The zero-order valence-corrected chi connectivity index (χ0v) is 24.1. The fourth-order valence-corrected chi connectivity index (χ4v) is 3.18. The highest BCUT2D eigenvalue weighted by Gasteiger charge is 2.12. The molecule has 1 N–H and O–H groups in total. The van der Waals surface area contributed by atoms with Gasteiger partial charge in [0.05, 0.1) is 0 Å². The number of hydrogen-bond acceptors (Lipinski definition) is 4. The van der Waals surface area contributed by atoms with E-state index in [-0.39, 0.29) is 0 Å². The van der Waals surface area contributed by atoms with E-state index in [1.54, 1.807) is 6.08 Å². The van der Waals surface area contributed by atoms with Crippen molar-refractivity contribution in [2.75, 3.05) is 33.2 Å². The average Bonchev–Trinajstić information content (AvgIpc) is 3.06. The molecule has 5 heteroatoms. The van der Waals surface area contributed by atoms with Gasteiger partial charge in [-0.05, 0) is 68.7 Å². The van der Waals surface area contributed by atoms with Gasteiger partial charge in [0.1, 0.15) is 11.4 Å². The van der Waals surface area contributed by atoms with Crippen molar-refractivity contribution < 1.29 is 4.74 Å². The van der Waals surface area contributed by atoms with E-state index in [0.29, 0.717) is 17.4 Å². The van der Waals surface area contributed by atoms with Crippen molar-refractivity contribution in [1.29, 1.82) is 0 Å². The molecule has 0 radical (unpaired) electrons. The molecule has 0 amide bonds. The Kier molecular flexibility index (Phi) is 20.3. The lowest BCUT2D eigenvalue weighted by Crippen LogP contribution is -2.23. The molecule has 1 unspecified atom stereocenters. The SMILES string of the molecule is C=C/C=C1/C=Nc2cc(Cl)ccc2O/C(=C/C(C)CC)C1.CCC.CCC.CN1CCCNCC1. The molecule has 3 rings (SSSR count). The van der Waals surface area contributed by atoms with Gasteiger partial charge in [-0.15, -0.1) is 0 Å². The summed E-state index contributed by atoms with van der Waals surface area (Å²) in [5, 5.41) is 3.99. The second kappa shape index (κ2) is 21.4. The van der Waals surface area contributed by atoms with E-state index in [1.807, 2.05) is 30.5 Å². The quantitative estimate of drug-likeness (QED) is 0.448. The number of allylic oxidation sites excluding steroid dienone is 4. The van der Waals surface area contributed by atoms with Crippen molar-refractivity contribution in [3.8, 4) is 5.75 Å². The predicted octanol–water partition coefficient (Wildman–Crippen LogP) is 8.61. The largest absolute Gasteiger partial charge is 0.459 e. The zero-order chi connectivity index (χ0) is 26.5. The smallest absolute Gasteiger partial charge is 0.152 e. The molecule has 2 aliphatic heterocycles. The first-order valence-electron chi connectivity index (χ1n) is 13.3. The fourth-order valence-electron chi connectivity index (χ4n) is 3.02. The molecular weight excluding hydrogens is 454 g/mol. The van der Waals surface area contributed by atoms with E-state index in [9.17, 15) is 0 Å². The van der Waals surface area contributed by atoms with E-state index >= 15 is 0 Å². The molecule has 0 aromatic heterocycles. The molecule has 0 aliphatic carbocycles. The Hall–Kier alpha value is -1.88. The number of halogens is 1. The maximum Gasteiger partial charge on any atom is 0.152 e. The van der Waals surface area contributed by atoms with Crippen LogP contribution in [0.1, 0.15) is 73.6 Å². The van der Waals surface area contributed by atoms with Crippen LogP contribution in [-0.2, 0) is 0 Å². The topological polar surface area (TPSA) is 36.9 Å². The number of fused-ring (bicyclic) bond motifs is 1. The number of rotatable bonds is 3. The zero-order valence-electron chi connectivity index (χ0n) is 23.4. The van der Waals surface area contributed by atoms with Crippen LogP contribution in [0.3, 0.4) is 0 Å². The molecule has 1 aromatic rings. The van der Waals surface area contributed by atoms with Crippen molar-refractivity contribution in [1.82, 2.24) is 10.2 Å². The van der Waals surface area contributed by atoms with E-state index in [1.165, 1.54) is 38.9 Å². The molecule has 1 saturated heterocycles. The number of nitrogens with zero attached hydrogens (tertiary/aromatic N) is 2. The van der Waals surface area contributed by atoms with Gasteiger partial charge in [-0.25, -0.2) is 0 Å². The molecule has 1 atom stereocenters. The van der Waals surface area contributed by atoms with Crippen LogP contribution < -0.4 is 10.1 Å². The summed E-state index contributed by atoms with van der Waals surface area (Å²) in [4.78, 5) is 6.82. The van der Waals surface area contributed by atoms with Crippen molar-refractivity contribution in [2.24, 2.45) is 10.9 Å². The Balaban J connectivity index is 0.000000678. The monoisotopic (exact) mass is 503 g/mol. The van der Waals surface area contributed by atoms with Crippen molar-refractivity contribution in [3.63, 3.8) is 0 Å². The average molecular weight is 504 g/mol. The second-order valence-electron chi connectivity index (χ2n) is 8.97. The minimum atomic E-state index is 0.470. The first-order valence-corrected chi connectivity index (χ1v) is 13.7. The minimum Gasteiger partial charge on any atom is -0.459 e. The predicted molar refractivity (Wildman–Crippen MR) is 158 cm³/mol. The third-order valence-corrected chi connectivity index (χ3v) is 5.15. The molecule has 1 aromatic carbocycles. The second-order valence-corrected chi connectivity index (χ2v) is 9.40. The number of nitrogens with one attached hydrogen (secondary N) is 1. The van der Waals surface area contributed by atoms with E-state index in [0.717, 1.165) is 35.7 Å². The molecule has 2 heterocycles. The molecule has 35 heavy (non-hydrogen) atoms. The lowest BCUT2D eigenvalue weighted by molar-refractivity contribution is 0.358. The van der Waals surface area contributed by atoms with Gasteiger partial charge >= 0.3 is 0 Å². The number of hydrogen-bond donors (Lipinski definition) is 1. The highest BCUT2D eigenvalue weighted by molar-refractivity contribution is 6.30. The molecule has 2 aliphatic rings. The molecular formula is C30H50ClN3O. The number of benzene rings is 1. The van der Waals surface area contributed by atoms with E-state index in [2.05, 4.69) is 76.5 Å². The van der Waals surface area contributed by atoms with E-state index in [4.69, 9.17) is 16.3 Å². The summed E-state index contributed by atoms with van der Waals surface area (Å²) in [6.07, 6.45) is 13.3. The first-order chi connectivity index (χ1) is 16.8. The van der Waals surface area contributed by atoms with Gasteiger partial charge in [-0.2, -0.15) is 0 Å². The first kappa shape index (κ1) is 33.1. The summed E-state index contributed by atoms with van der Waals surface area (Å²) in [6.45, 7) is 21.4. The van der Waals surface area contributed by atoms with Crippen LogP contribution in [0.5, 0.6) is 5.75 Å². The van der Waals surface area contributed by atoms with Crippen LogP contribution in [0.15, 0.2) is 59.3 Å². The summed E-state index contributed by atoms with van der Waals surface area (Å²) in [6, 6.07) is 5.49. The van der Waals surface area contributed by atoms with Gasteiger partial charge < -0.3 is 15.0 Å². The van der Waals surface area contributed by atoms with Gasteiger partial charge in [0, 0.05) is 30.7 Å². The van der Waals surface area contributed by atoms with Crippen LogP contribution in [0.25, 0.3) is 0 Å². The molecule has 198 valence electrons. The Morgan fingerprint density at radius 3 is 2.46 bits per heavy atom. The minimum absolute atomic E-state index is 0.470. The summed E-state index contributed by atoms with van der Waals surface area (Å²) in [7, 11) is 2.17. The van der Waals surface area contributed by atoms with Gasteiger partial charge in [0.2, 0.25) is 0 Å². The summed E-state index contributed by atoms with van der Waals surface area (Å²) >= 11 is 6.04. The van der Waals surface area contributed by atoms with Gasteiger partial charge in [0.25, 0.3) is 0 Å². The van der Waals surface area contributed by atoms with Gasteiger partial charge in [0.15, 0.2) is 5.75 Å². The van der Waals surface area contributed by atoms with E-state index < -0.39 is 0 Å². The third kappa shape index (κ3) is 16.4. The Labute approximate surface area is 221 Å². The summed E-state index contributed by atoms with van der Waals surface area (Å²) in [5.74, 6) is 2.15. The fraction of sp³-hybridized carbons (Fsp3) is 0.567. The third-order valence-electron chi connectivity index (χ3n) is 4.92. The van der Waals surface area contributed by atoms with Crippen LogP contribution >= 0.6 is 11.6 Å². The molecule has 0 bridgehead atoms. The number of aliphatic imine (C=N–C) groups is 1. The van der Waals surface area contributed by atoms with Gasteiger partial charge in [-0.3, -0.25) is 4.99 Å². The van der Waals surface area contributed by atoms with Crippen molar-refractivity contribution in [3.05, 3.63) is 59.4 Å². The number of ether oxygens (including phenoxy) is 1. The van der Waals surface area contributed by atoms with Crippen LogP contribution in [0.4, 0.5) is 5.69 Å². The van der Waals surface area contributed by atoms with Gasteiger partial charge in [-0.1, -0.05) is 84.7 Å². The van der Waals surface area contributed by atoms with Crippen molar-refractivity contribution >= 4 is 23.5 Å². The summed E-state index contributed by atoms with van der Waals surface area (Å²) < 4.78 is 6.05. The Morgan fingerprint density at radius 2 is 1.83 bits per heavy atom. The maximum absolute atomic E-state index is 6.05. The normalized spacial score (nSPS) is 18.5. The van der Waals surface area contributed by atoms with Crippen LogP contribution in [0, 0.1) is 5.92 Å². The molecule has 0 saturated carbocycles.